The Kier molecular flexibility index (Phi) is 9.05. The maximum Gasteiger partial charge on any atom is 0.434 e. The Morgan fingerprint density at radius 1 is 1.31 bits per heavy atom. The van der Waals surface area contributed by atoms with Crippen molar-refractivity contribution < 1.29 is 22.3 Å². The number of nitrogens with one attached hydrogen (secondary N) is 2. The zero-order valence-electron chi connectivity index (χ0n) is 13.6. The molecule has 11 heteroatoms. The molecule has 0 spiro atoms. The fourth-order valence-electron chi connectivity index (χ4n) is 1.80. The van der Waals surface area contributed by atoms with Gasteiger partial charge in [-0.25, -0.2) is 9.37 Å². The number of hydrogen-bond donors (Lipinski definition) is 2. The lowest BCUT2D eigenvalue weighted by Crippen LogP contribution is -2.38. The van der Waals surface area contributed by atoms with Gasteiger partial charge >= 0.3 is 6.18 Å². The molecule has 1 aromatic heterocycles. The van der Waals surface area contributed by atoms with E-state index in [1.807, 2.05) is 0 Å². The van der Waals surface area contributed by atoms with Crippen LogP contribution in [-0.2, 0) is 12.7 Å². The first-order valence-electron chi connectivity index (χ1n) is 7.23. The molecule has 1 aromatic carbocycles. The van der Waals surface area contributed by atoms with Gasteiger partial charge in [-0.3, -0.25) is 4.99 Å². The Morgan fingerprint density at radius 3 is 2.69 bits per heavy atom. The lowest BCUT2D eigenvalue weighted by molar-refractivity contribution is -0.140. The number of aromatic nitrogens is 1. The lowest BCUT2D eigenvalue weighted by atomic mass is 10.3. The van der Waals surface area contributed by atoms with Crippen LogP contribution in [0.15, 0.2) is 34.6 Å². The second-order valence-corrected chi connectivity index (χ2v) is 5.73. The lowest BCUT2D eigenvalue weighted by Gasteiger charge is -2.11. The molecule has 26 heavy (non-hydrogen) atoms. The van der Waals surface area contributed by atoms with E-state index in [0.29, 0.717) is 23.3 Å². The third-order valence-electron chi connectivity index (χ3n) is 2.93. The quantitative estimate of drug-likeness (QED) is 0.207. The highest BCUT2D eigenvalue weighted by atomic mass is 127. The normalized spacial score (nSPS) is 11.7. The predicted molar refractivity (Wildman–Crippen MR) is 103 cm³/mol. The van der Waals surface area contributed by atoms with Crippen LogP contribution in [0.1, 0.15) is 10.7 Å². The van der Waals surface area contributed by atoms with Gasteiger partial charge in [-0.05, 0) is 12.1 Å². The molecular weight excluding hydrogens is 487 g/mol. The van der Waals surface area contributed by atoms with Crippen molar-refractivity contribution in [2.45, 2.75) is 12.7 Å². The van der Waals surface area contributed by atoms with Gasteiger partial charge in [-0.1, -0.05) is 6.07 Å². The summed E-state index contributed by atoms with van der Waals surface area (Å²) >= 11 is 0.919. The van der Waals surface area contributed by atoms with Gasteiger partial charge in [0.25, 0.3) is 0 Å². The Labute approximate surface area is 168 Å². The molecule has 0 aliphatic carbocycles. The molecule has 144 valence electrons. The topological polar surface area (TPSA) is 58.5 Å². The smallest absolute Gasteiger partial charge is 0.434 e. The molecule has 5 nitrogen and oxygen atoms in total. The minimum Gasteiger partial charge on any atom is -0.492 e. The van der Waals surface area contributed by atoms with Gasteiger partial charge in [0.2, 0.25) is 0 Å². The minimum absolute atomic E-state index is 0. The minimum atomic E-state index is -4.44. The van der Waals surface area contributed by atoms with Gasteiger partial charge < -0.3 is 15.4 Å². The number of ether oxygens (including phenoxy) is 1. The van der Waals surface area contributed by atoms with Crippen LogP contribution < -0.4 is 15.4 Å². The van der Waals surface area contributed by atoms with Crippen molar-refractivity contribution in [3.05, 3.63) is 46.2 Å². The van der Waals surface area contributed by atoms with Crippen molar-refractivity contribution in [2.75, 3.05) is 20.2 Å². The molecule has 0 atom stereocenters. The number of thiazole rings is 1. The first-order valence-corrected chi connectivity index (χ1v) is 8.11. The predicted octanol–water partition coefficient (Wildman–Crippen LogP) is 3.66. The molecule has 0 amide bonds. The maximum absolute atomic E-state index is 13.0. The summed E-state index contributed by atoms with van der Waals surface area (Å²) in [6, 6.07) is 5.77. The molecule has 0 saturated carbocycles. The number of benzene rings is 1. The van der Waals surface area contributed by atoms with Crippen molar-refractivity contribution in [2.24, 2.45) is 4.99 Å². The first kappa shape index (κ1) is 22.4. The highest BCUT2D eigenvalue weighted by Gasteiger charge is 2.33. The number of guanidine groups is 1. The van der Waals surface area contributed by atoms with E-state index >= 15 is 0 Å². The standard InChI is InChI=1S/C15H16F4N4OS.HI/c1-20-14(21-5-6-24-11-4-2-3-10(16)7-11)22-8-13-23-12(9-25-13)15(17,18)19;/h2-4,7,9H,5-6,8H2,1H3,(H2,20,21,22);1H. The molecule has 2 aromatic rings. The van der Waals surface area contributed by atoms with Crippen LogP contribution in [0.25, 0.3) is 0 Å². The van der Waals surface area contributed by atoms with Gasteiger partial charge in [0.15, 0.2) is 11.7 Å². The molecular formula is C15H17F4IN4OS. The van der Waals surface area contributed by atoms with Crippen molar-refractivity contribution in [3.63, 3.8) is 0 Å². The van der Waals surface area contributed by atoms with Crippen LogP contribution in [0.2, 0.25) is 0 Å². The van der Waals surface area contributed by atoms with E-state index in [4.69, 9.17) is 4.74 Å². The molecule has 0 bridgehead atoms. The van der Waals surface area contributed by atoms with Crippen molar-refractivity contribution in [3.8, 4) is 5.75 Å². The van der Waals surface area contributed by atoms with Gasteiger partial charge in [-0.2, -0.15) is 13.2 Å². The summed E-state index contributed by atoms with van der Waals surface area (Å²) in [4.78, 5) is 7.47. The van der Waals surface area contributed by atoms with E-state index in [-0.39, 0.29) is 42.9 Å². The highest BCUT2D eigenvalue weighted by molar-refractivity contribution is 14.0. The number of hydrogen-bond acceptors (Lipinski definition) is 4. The van der Waals surface area contributed by atoms with Gasteiger partial charge in [0.1, 0.15) is 23.2 Å². The molecule has 2 rings (SSSR count). The third-order valence-corrected chi connectivity index (χ3v) is 3.78. The van der Waals surface area contributed by atoms with Gasteiger partial charge in [-0.15, -0.1) is 35.3 Å². The highest BCUT2D eigenvalue weighted by Crippen LogP contribution is 2.29. The Bertz CT molecular complexity index is 724. The summed E-state index contributed by atoms with van der Waals surface area (Å²) in [6.45, 7) is 0.757. The zero-order valence-corrected chi connectivity index (χ0v) is 16.8. The van der Waals surface area contributed by atoms with Crippen LogP contribution in [0.5, 0.6) is 5.75 Å². The molecule has 0 radical (unpaired) electrons. The van der Waals surface area contributed by atoms with Crippen molar-refractivity contribution in [1.82, 2.24) is 15.6 Å². The van der Waals surface area contributed by atoms with Gasteiger partial charge in [0, 0.05) is 18.5 Å². The second kappa shape index (κ2) is 10.5. The summed E-state index contributed by atoms with van der Waals surface area (Å²) < 4.78 is 55.8. The maximum atomic E-state index is 13.0. The molecule has 0 aliphatic rings. The fourth-order valence-corrected chi connectivity index (χ4v) is 2.54. The van der Waals surface area contributed by atoms with Crippen LogP contribution in [-0.4, -0.2) is 31.1 Å². The van der Waals surface area contributed by atoms with E-state index in [1.165, 1.54) is 19.2 Å². The van der Waals surface area contributed by atoms with Crippen LogP contribution >= 0.6 is 35.3 Å². The largest absolute Gasteiger partial charge is 0.492 e. The number of rotatable bonds is 6. The van der Waals surface area contributed by atoms with Gasteiger partial charge in [0.05, 0.1) is 13.1 Å². The Morgan fingerprint density at radius 2 is 2.08 bits per heavy atom. The monoisotopic (exact) mass is 504 g/mol. The summed E-state index contributed by atoms with van der Waals surface area (Å²) in [6.07, 6.45) is -4.44. The van der Waals surface area contributed by atoms with E-state index in [9.17, 15) is 17.6 Å². The van der Waals surface area contributed by atoms with Crippen LogP contribution in [0, 0.1) is 5.82 Å². The summed E-state index contributed by atoms with van der Waals surface area (Å²) in [5.74, 6) is 0.420. The second-order valence-electron chi connectivity index (χ2n) is 4.78. The van der Waals surface area contributed by atoms with Crippen LogP contribution in [0.3, 0.4) is 0 Å². The number of nitrogens with zero attached hydrogens (tertiary/aromatic N) is 2. The summed E-state index contributed by atoms with van der Waals surface area (Å²) in [7, 11) is 1.53. The number of alkyl halides is 3. The average molecular weight is 504 g/mol. The molecule has 0 saturated heterocycles. The molecule has 1 heterocycles. The summed E-state index contributed by atoms with van der Waals surface area (Å²) in [5, 5.41) is 7.07. The summed E-state index contributed by atoms with van der Waals surface area (Å²) in [5.41, 5.74) is -0.902. The molecule has 0 unspecified atom stereocenters. The van der Waals surface area contributed by atoms with E-state index < -0.39 is 11.9 Å². The Balaban J connectivity index is 0.00000338. The third kappa shape index (κ3) is 7.32. The van der Waals surface area contributed by atoms with Crippen molar-refractivity contribution in [1.29, 1.82) is 0 Å². The molecule has 0 fully saturated rings. The first-order chi connectivity index (χ1) is 11.9. The van der Waals surface area contributed by atoms with E-state index in [2.05, 4.69) is 20.6 Å². The number of aliphatic imine (C=N–C) groups is 1. The molecule has 0 aliphatic heterocycles. The van der Waals surface area contributed by atoms with Crippen LogP contribution in [0.4, 0.5) is 17.6 Å². The van der Waals surface area contributed by atoms with E-state index in [0.717, 1.165) is 16.7 Å². The molecule has 2 N–H and O–H groups in total. The number of halogens is 5. The van der Waals surface area contributed by atoms with E-state index in [1.54, 1.807) is 12.1 Å². The van der Waals surface area contributed by atoms with Crippen molar-refractivity contribution >= 4 is 41.3 Å². The SMILES string of the molecule is CN=C(NCCOc1cccc(F)c1)NCc1nc(C(F)(F)F)cs1.I. The zero-order chi connectivity index (χ0) is 18.3. The Hall–Kier alpha value is -1.63. The average Bonchev–Trinajstić information content (AvgIpc) is 3.03. The fraction of sp³-hybridized carbons (Fsp3) is 0.333.